The summed E-state index contributed by atoms with van der Waals surface area (Å²) in [5, 5.41) is 13.7. The van der Waals surface area contributed by atoms with Crippen LogP contribution in [0.1, 0.15) is 18.4 Å². The zero-order valence-corrected chi connectivity index (χ0v) is 8.78. The molecule has 2 rings (SSSR count). The fourth-order valence-corrected chi connectivity index (χ4v) is 2.01. The van der Waals surface area contributed by atoms with Gasteiger partial charge in [0.2, 0.25) is 0 Å². The minimum absolute atomic E-state index is 0.194. The van der Waals surface area contributed by atoms with Crippen molar-refractivity contribution in [3.8, 4) is 0 Å². The van der Waals surface area contributed by atoms with Crippen LogP contribution in [0.3, 0.4) is 0 Å². The van der Waals surface area contributed by atoms with Crippen molar-refractivity contribution in [3.63, 3.8) is 0 Å². The molecule has 0 radical (unpaired) electrons. The van der Waals surface area contributed by atoms with Crippen LogP contribution in [0.5, 0.6) is 0 Å². The molecule has 1 aliphatic heterocycles. The fourth-order valence-electron chi connectivity index (χ4n) is 2.01. The van der Waals surface area contributed by atoms with E-state index < -0.39 is 10.7 Å². The van der Waals surface area contributed by atoms with E-state index in [-0.39, 0.29) is 5.69 Å². The van der Waals surface area contributed by atoms with Crippen molar-refractivity contribution in [3.05, 3.63) is 39.7 Å². The molecule has 1 unspecified atom stereocenters. The average Bonchev–Trinajstić information content (AvgIpc) is 2.73. The summed E-state index contributed by atoms with van der Waals surface area (Å²) in [6.45, 7) is 0.971. The van der Waals surface area contributed by atoms with Gasteiger partial charge in [0.05, 0.1) is 11.0 Å². The van der Waals surface area contributed by atoms with Crippen LogP contribution < -0.4 is 5.32 Å². The molecule has 0 aliphatic carbocycles. The number of nitrogens with one attached hydrogen (secondary N) is 1. The van der Waals surface area contributed by atoms with Gasteiger partial charge in [0.1, 0.15) is 5.82 Å². The van der Waals surface area contributed by atoms with Crippen molar-refractivity contribution in [2.24, 2.45) is 0 Å². The molecule has 1 atom stereocenters. The second-order valence-electron chi connectivity index (χ2n) is 4.03. The van der Waals surface area contributed by atoms with Crippen LogP contribution in [0.2, 0.25) is 0 Å². The van der Waals surface area contributed by atoms with Crippen LogP contribution in [0.25, 0.3) is 0 Å². The SMILES string of the molecule is O=[N+]([O-])c1ccc(CC2CCCN2)c(F)c1. The molecule has 1 aromatic carbocycles. The minimum atomic E-state index is -0.583. The molecule has 1 N–H and O–H groups in total. The number of nitrogens with zero attached hydrogens (tertiary/aromatic N) is 1. The Bertz CT molecular complexity index is 403. The van der Waals surface area contributed by atoms with Gasteiger partial charge in [-0.15, -0.1) is 0 Å². The molecule has 16 heavy (non-hydrogen) atoms. The number of hydrogen-bond donors (Lipinski definition) is 1. The highest BCUT2D eigenvalue weighted by molar-refractivity contribution is 5.34. The average molecular weight is 224 g/mol. The quantitative estimate of drug-likeness (QED) is 0.631. The lowest BCUT2D eigenvalue weighted by molar-refractivity contribution is -0.385. The molecule has 0 bridgehead atoms. The van der Waals surface area contributed by atoms with Gasteiger partial charge in [0.25, 0.3) is 5.69 Å². The Labute approximate surface area is 92.6 Å². The maximum Gasteiger partial charge on any atom is 0.272 e. The molecule has 1 heterocycles. The topological polar surface area (TPSA) is 55.2 Å². The molecule has 1 aliphatic rings. The van der Waals surface area contributed by atoms with Crippen LogP contribution in [0.15, 0.2) is 18.2 Å². The van der Waals surface area contributed by atoms with E-state index in [4.69, 9.17) is 0 Å². The number of non-ortho nitro benzene ring substituents is 1. The lowest BCUT2D eigenvalue weighted by atomic mass is 10.0. The fraction of sp³-hybridized carbons (Fsp3) is 0.455. The van der Waals surface area contributed by atoms with Gasteiger partial charge >= 0.3 is 0 Å². The van der Waals surface area contributed by atoms with E-state index in [1.165, 1.54) is 12.1 Å². The molecule has 0 saturated carbocycles. The van der Waals surface area contributed by atoms with Crippen LogP contribution in [0, 0.1) is 15.9 Å². The van der Waals surface area contributed by atoms with Gasteiger partial charge in [-0.25, -0.2) is 4.39 Å². The molecule has 0 spiro atoms. The molecular formula is C11H13FN2O2. The van der Waals surface area contributed by atoms with E-state index in [0.717, 1.165) is 25.5 Å². The predicted octanol–water partition coefficient (Wildman–Crippen LogP) is 2.03. The summed E-state index contributed by atoms with van der Waals surface area (Å²) in [4.78, 5) is 9.85. The van der Waals surface area contributed by atoms with Gasteiger partial charge in [0, 0.05) is 12.1 Å². The number of hydrogen-bond acceptors (Lipinski definition) is 3. The minimum Gasteiger partial charge on any atom is -0.314 e. The Hall–Kier alpha value is -1.49. The van der Waals surface area contributed by atoms with Crippen LogP contribution in [-0.4, -0.2) is 17.5 Å². The van der Waals surface area contributed by atoms with Crippen LogP contribution >= 0.6 is 0 Å². The summed E-state index contributed by atoms with van der Waals surface area (Å²) in [7, 11) is 0. The van der Waals surface area contributed by atoms with Gasteiger partial charge in [-0.05, 0) is 37.4 Å². The molecule has 86 valence electrons. The highest BCUT2D eigenvalue weighted by Gasteiger charge is 2.17. The third kappa shape index (κ3) is 2.36. The largest absolute Gasteiger partial charge is 0.314 e. The Balaban J connectivity index is 2.12. The van der Waals surface area contributed by atoms with Crippen LogP contribution in [0.4, 0.5) is 10.1 Å². The van der Waals surface area contributed by atoms with Gasteiger partial charge in [0.15, 0.2) is 0 Å². The number of halogens is 1. The monoisotopic (exact) mass is 224 g/mol. The number of benzene rings is 1. The Morgan fingerprint density at radius 1 is 1.56 bits per heavy atom. The molecule has 4 nitrogen and oxygen atoms in total. The second kappa shape index (κ2) is 4.57. The van der Waals surface area contributed by atoms with E-state index in [1.807, 2.05) is 0 Å². The van der Waals surface area contributed by atoms with Crippen molar-refractivity contribution in [1.29, 1.82) is 0 Å². The summed E-state index contributed by atoms with van der Waals surface area (Å²) in [5.41, 5.74) is 0.352. The number of nitro groups is 1. The molecule has 0 aromatic heterocycles. The highest BCUT2D eigenvalue weighted by atomic mass is 19.1. The van der Waals surface area contributed by atoms with Gasteiger partial charge in [-0.1, -0.05) is 0 Å². The number of rotatable bonds is 3. The molecule has 0 amide bonds. The van der Waals surface area contributed by atoms with Crippen molar-refractivity contribution < 1.29 is 9.31 Å². The Morgan fingerprint density at radius 3 is 2.94 bits per heavy atom. The Morgan fingerprint density at radius 2 is 2.38 bits per heavy atom. The first-order valence-electron chi connectivity index (χ1n) is 5.33. The summed E-state index contributed by atoms with van der Waals surface area (Å²) < 4.78 is 13.5. The maximum absolute atomic E-state index is 13.5. The first-order valence-corrected chi connectivity index (χ1v) is 5.33. The second-order valence-corrected chi connectivity index (χ2v) is 4.03. The third-order valence-electron chi connectivity index (χ3n) is 2.88. The highest BCUT2D eigenvalue weighted by Crippen LogP contribution is 2.19. The summed E-state index contributed by atoms with van der Waals surface area (Å²) in [6, 6.07) is 4.15. The molecular weight excluding hydrogens is 211 g/mol. The molecule has 1 aromatic rings. The first kappa shape index (κ1) is 11.0. The van der Waals surface area contributed by atoms with E-state index in [2.05, 4.69) is 5.32 Å². The lowest BCUT2D eigenvalue weighted by Gasteiger charge is -2.10. The Kier molecular flexibility index (Phi) is 3.14. The zero-order chi connectivity index (χ0) is 11.5. The first-order chi connectivity index (χ1) is 7.66. The van der Waals surface area contributed by atoms with Crippen molar-refractivity contribution in [2.75, 3.05) is 6.54 Å². The molecule has 1 saturated heterocycles. The normalized spacial score (nSPS) is 19.9. The smallest absolute Gasteiger partial charge is 0.272 e. The van der Waals surface area contributed by atoms with E-state index >= 15 is 0 Å². The van der Waals surface area contributed by atoms with Crippen molar-refractivity contribution >= 4 is 5.69 Å². The molecule has 5 heteroatoms. The van der Waals surface area contributed by atoms with Gasteiger partial charge in [-0.3, -0.25) is 10.1 Å². The number of nitro benzene ring substituents is 1. The van der Waals surface area contributed by atoms with E-state index in [9.17, 15) is 14.5 Å². The van der Waals surface area contributed by atoms with Gasteiger partial charge < -0.3 is 5.32 Å². The summed E-state index contributed by atoms with van der Waals surface area (Å²) in [6.07, 6.45) is 2.75. The zero-order valence-electron chi connectivity index (χ0n) is 8.78. The third-order valence-corrected chi connectivity index (χ3v) is 2.88. The van der Waals surface area contributed by atoms with Gasteiger partial charge in [-0.2, -0.15) is 0 Å². The summed E-state index contributed by atoms with van der Waals surface area (Å²) >= 11 is 0. The van der Waals surface area contributed by atoms with E-state index in [0.29, 0.717) is 18.0 Å². The standard InChI is InChI=1S/C11H13FN2O2/c12-11-7-10(14(15)16)4-3-8(11)6-9-2-1-5-13-9/h3-4,7,9,13H,1-2,5-6H2. The lowest BCUT2D eigenvalue weighted by Crippen LogP contribution is -2.24. The van der Waals surface area contributed by atoms with Crippen molar-refractivity contribution in [2.45, 2.75) is 25.3 Å². The predicted molar refractivity (Wildman–Crippen MR) is 57.8 cm³/mol. The summed E-state index contributed by atoms with van der Waals surface area (Å²) in [5.74, 6) is -0.483. The van der Waals surface area contributed by atoms with Crippen LogP contribution in [-0.2, 0) is 6.42 Å². The maximum atomic E-state index is 13.5. The van der Waals surface area contributed by atoms with E-state index in [1.54, 1.807) is 0 Å². The van der Waals surface area contributed by atoms with Crippen molar-refractivity contribution in [1.82, 2.24) is 5.32 Å². The molecule has 1 fully saturated rings.